The first-order valence-electron chi connectivity index (χ1n) is 10.3. The zero-order chi connectivity index (χ0) is 19.5. The van der Waals surface area contributed by atoms with Crippen LogP contribution in [0.1, 0.15) is 36.7 Å². The summed E-state index contributed by atoms with van der Waals surface area (Å²) >= 11 is 0. The molecular weight excluding hydrogens is 348 g/mol. The van der Waals surface area contributed by atoms with E-state index < -0.39 is 0 Å². The van der Waals surface area contributed by atoms with Crippen LogP contribution in [0.5, 0.6) is 0 Å². The quantitative estimate of drug-likeness (QED) is 0.656. The van der Waals surface area contributed by atoms with E-state index in [4.69, 9.17) is 0 Å². The molecule has 1 aliphatic rings. The fourth-order valence-electron chi connectivity index (χ4n) is 4.32. The highest BCUT2D eigenvalue weighted by atomic mass is 15.3. The molecule has 4 rings (SSSR count). The second kappa shape index (κ2) is 8.27. The number of rotatable bonds is 6. The fraction of sp³-hybridized carbons (Fsp3) is 0.500. The third-order valence-corrected chi connectivity index (χ3v) is 5.92. The monoisotopic (exact) mass is 378 g/mol. The van der Waals surface area contributed by atoms with Crippen molar-refractivity contribution in [3.05, 3.63) is 53.9 Å². The summed E-state index contributed by atoms with van der Waals surface area (Å²) < 4.78 is 4.46. The number of aryl methyl sites for hydroxylation is 2. The lowest BCUT2D eigenvalue weighted by Gasteiger charge is -2.33. The number of likely N-dealkylation sites (tertiary alicyclic amines) is 1. The van der Waals surface area contributed by atoms with Crippen molar-refractivity contribution in [2.45, 2.75) is 53.2 Å². The molecule has 6 heteroatoms. The van der Waals surface area contributed by atoms with Crippen molar-refractivity contribution in [2.24, 2.45) is 5.92 Å². The molecule has 6 nitrogen and oxygen atoms in total. The number of hydrogen-bond acceptors (Lipinski definition) is 4. The predicted molar refractivity (Wildman–Crippen MR) is 111 cm³/mol. The van der Waals surface area contributed by atoms with Crippen molar-refractivity contribution < 1.29 is 0 Å². The molecule has 0 aromatic carbocycles. The summed E-state index contributed by atoms with van der Waals surface area (Å²) in [5.74, 6) is 1.67. The smallest absolute Gasteiger partial charge is 0.141 e. The number of imidazole rings is 1. The van der Waals surface area contributed by atoms with Crippen molar-refractivity contribution >= 4 is 0 Å². The van der Waals surface area contributed by atoms with Crippen LogP contribution in [0.4, 0.5) is 0 Å². The summed E-state index contributed by atoms with van der Waals surface area (Å²) in [7, 11) is 0. The van der Waals surface area contributed by atoms with Crippen LogP contribution in [-0.4, -0.2) is 42.3 Å². The van der Waals surface area contributed by atoms with E-state index in [9.17, 15) is 0 Å². The summed E-state index contributed by atoms with van der Waals surface area (Å²) in [6.07, 6.45) is 10.3. The standard InChI is InChI=1S/C22H30N6/c1-4-28-18(3)21(13-25-28)16-26-10-6-7-19(14-26)15-27-17(2)11-24-22(27)20-8-5-9-23-12-20/h5,8-9,11-13,19H,4,6-7,10,14-16H2,1-3H3. The Bertz CT molecular complexity index is 911. The normalized spacial score (nSPS) is 17.9. The average Bonchev–Trinajstić information content (AvgIpc) is 3.26. The number of nitrogens with zero attached hydrogens (tertiary/aromatic N) is 6. The van der Waals surface area contributed by atoms with Gasteiger partial charge in [-0.3, -0.25) is 14.6 Å². The molecule has 1 unspecified atom stereocenters. The first-order valence-corrected chi connectivity index (χ1v) is 10.3. The second-order valence-electron chi connectivity index (χ2n) is 7.89. The Balaban J connectivity index is 1.46. The van der Waals surface area contributed by atoms with E-state index >= 15 is 0 Å². The van der Waals surface area contributed by atoms with Crippen molar-refractivity contribution in [3.63, 3.8) is 0 Å². The minimum Gasteiger partial charge on any atom is -0.328 e. The Morgan fingerprint density at radius 3 is 2.82 bits per heavy atom. The molecule has 4 heterocycles. The van der Waals surface area contributed by atoms with Crippen LogP contribution >= 0.6 is 0 Å². The molecule has 0 spiro atoms. The van der Waals surface area contributed by atoms with E-state index in [2.05, 4.69) is 56.1 Å². The first-order chi connectivity index (χ1) is 13.7. The third kappa shape index (κ3) is 3.87. The lowest BCUT2D eigenvalue weighted by molar-refractivity contribution is 0.155. The van der Waals surface area contributed by atoms with Crippen LogP contribution in [-0.2, 0) is 19.6 Å². The second-order valence-corrected chi connectivity index (χ2v) is 7.89. The van der Waals surface area contributed by atoms with Crippen LogP contribution in [0.3, 0.4) is 0 Å². The average molecular weight is 379 g/mol. The molecule has 0 saturated carbocycles. The molecule has 1 saturated heterocycles. The van der Waals surface area contributed by atoms with Gasteiger partial charge in [0.05, 0.1) is 6.20 Å². The Kier molecular flexibility index (Phi) is 5.57. The van der Waals surface area contributed by atoms with Gasteiger partial charge in [0, 0.05) is 67.3 Å². The van der Waals surface area contributed by atoms with Crippen molar-refractivity contribution in [2.75, 3.05) is 13.1 Å². The number of aromatic nitrogens is 5. The Labute approximate surface area is 167 Å². The molecule has 1 atom stereocenters. The molecule has 0 N–H and O–H groups in total. The van der Waals surface area contributed by atoms with Gasteiger partial charge in [-0.2, -0.15) is 5.10 Å². The van der Waals surface area contributed by atoms with Gasteiger partial charge in [0.25, 0.3) is 0 Å². The van der Waals surface area contributed by atoms with Crippen molar-refractivity contribution in [1.29, 1.82) is 0 Å². The Hall–Kier alpha value is -2.47. The maximum atomic E-state index is 4.66. The minimum atomic E-state index is 0.638. The zero-order valence-electron chi connectivity index (χ0n) is 17.2. The van der Waals surface area contributed by atoms with E-state index in [1.54, 1.807) is 0 Å². The van der Waals surface area contributed by atoms with Gasteiger partial charge >= 0.3 is 0 Å². The van der Waals surface area contributed by atoms with Crippen molar-refractivity contribution in [1.82, 2.24) is 29.2 Å². The number of piperidine rings is 1. The molecule has 28 heavy (non-hydrogen) atoms. The largest absolute Gasteiger partial charge is 0.328 e. The zero-order valence-corrected chi connectivity index (χ0v) is 17.2. The van der Waals surface area contributed by atoms with Gasteiger partial charge in [0.1, 0.15) is 5.82 Å². The van der Waals surface area contributed by atoms with Gasteiger partial charge in [0.15, 0.2) is 0 Å². The molecule has 0 radical (unpaired) electrons. The molecule has 148 valence electrons. The molecule has 0 aliphatic carbocycles. The van der Waals surface area contributed by atoms with E-state index in [1.807, 2.05) is 30.9 Å². The summed E-state index contributed by atoms with van der Waals surface area (Å²) in [4.78, 5) is 11.5. The van der Waals surface area contributed by atoms with Crippen molar-refractivity contribution in [3.8, 4) is 11.4 Å². The van der Waals surface area contributed by atoms with Crippen LogP contribution < -0.4 is 0 Å². The van der Waals surface area contributed by atoms with Gasteiger partial charge in [-0.25, -0.2) is 4.98 Å². The van der Waals surface area contributed by atoms with Crippen LogP contribution in [0.25, 0.3) is 11.4 Å². The molecule has 3 aromatic rings. The van der Waals surface area contributed by atoms with E-state index in [-0.39, 0.29) is 0 Å². The summed E-state index contributed by atoms with van der Waals surface area (Å²) in [6, 6.07) is 4.07. The molecule has 3 aromatic heterocycles. The van der Waals surface area contributed by atoms with E-state index in [0.29, 0.717) is 5.92 Å². The number of pyridine rings is 1. The van der Waals surface area contributed by atoms with Gasteiger partial charge in [-0.1, -0.05) is 0 Å². The predicted octanol–water partition coefficient (Wildman–Crippen LogP) is 3.69. The third-order valence-electron chi connectivity index (χ3n) is 5.92. The van der Waals surface area contributed by atoms with Gasteiger partial charge < -0.3 is 4.57 Å². The summed E-state index contributed by atoms with van der Waals surface area (Å²) in [5.41, 5.74) is 4.97. The van der Waals surface area contributed by atoms with Gasteiger partial charge in [-0.05, 0) is 58.2 Å². The van der Waals surface area contributed by atoms with E-state index in [1.165, 1.54) is 36.3 Å². The number of hydrogen-bond donors (Lipinski definition) is 0. The summed E-state index contributed by atoms with van der Waals surface area (Å²) in [6.45, 7) is 11.7. The molecule has 0 amide bonds. The highest BCUT2D eigenvalue weighted by Crippen LogP contribution is 2.25. The maximum Gasteiger partial charge on any atom is 0.141 e. The fourth-order valence-corrected chi connectivity index (χ4v) is 4.32. The molecular formula is C22H30N6. The lowest BCUT2D eigenvalue weighted by Crippen LogP contribution is -2.36. The Morgan fingerprint density at radius 1 is 1.18 bits per heavy atom. The maximum absolute atomic E-state index is 4.66. The van der Waals surface area contributed by atoms with Crippen LogP contribution in [0.2, 0.25) is 0 Å². The summed E-state index contributed by atoms with van der Waals surface area (Å²) in [5, 5.41) is 4.51. The molecule has 0 bridgehead atoms. The topological polar surface area (TPSA) is 51.8 Å². The first kappa shape index (κ1) is 18.9. The highest BCUT2D eigenvalue weighted by Gasteiger charge is 2.23. The van der Waals surface area contributed by atoms with Gasteiger partial charge in [0.2, 0.25) is 0 Å². The minimum absolute atomic E-state index is 0.638. The van der Waals surface area contributed by atoms with Gasteiger partial charge in [-0.15, -0.1) is 0 Å². The molecule has 1 aliphatic heterocycles. The van der Waals surface area contributed by atoms with Crippen LogP contribution in [0, 0.1) is 19.8 Å². The molecule has 1 fully saturated rings. The van der Waals surface area contributed by atoms with Crippen LogP contribution in [0.15, 0.2) is 36.9 Å². The Morgan fingerprint density at radius 2 is 2.07 bits per heavy atom. The lowest BCUT2D eigenvalue weighted by atomic mass is 9.97. The SMILES string of the molecule is CCn1ncc(CN2CCCC(Cn3c(C)cnc3-c3cccnc3)C2)c1C. The highest BCUT2D eigenvalue weighted by molar-refractivity contribution is 5.54. The van der Waals surface area contributed by atoms with E-state index in [0.717, 1.165) is 37.6 Å².